The van der Waals surface area contributed by atoms with Crippen molar-refractivity contribution in [2.45, 2.75) is 27.2 Å². The van der Waals surface area contributed by atoms with Crippen LogP contribution in [0.2, 0.25) is 0 Å². The van der Waals surface area contributed by atoms with E-state index in [9.17, 15) is 4.79 Å². The van der Waals surface area contributed by atoms with Crippen LogP contribution in [0.15, 0.2) is 0 Å². The Bertz CT molecular complexity index is 171. The fraction of sp³-hybridized carbons (Fsp3) is 0.909. The van der Waals surface area contributed by atoms with E-state index in [-0.39, 0.29) is 18.4 Å². The third-order valence-electron chi connectivity index (χ3n) is 1.88. The van der Waals surface area contributed by atoms with E-state index < -0.39 is 0 Å². The van der Waals surface area contributed by atoms with Crippen molar-refractivity contribution in [2.24, 2.45) is 11.8 Å². The molecule has 0 saturated carbocycles. The molecule has 0 saturated heterocycles. The Kier molecular flexibility index (Phi) is 8.33. The fourth-order valence-corrected chi connectivity index (χ4v) is 0.925. The van der Waals surface area contributed by atoms with Crippen LogP contribution in [0.25, 0.3) is 0 Å². The first kappa shape index (κ1) is 14.4. The summed E-state index contributed by atoms with van der Waals surface area (Å²) >= 11 is 0. The molecule has 1 unspecified atom stereocenters. The van der Waals surface area contributed by atoms with Gasteiger partial charge < -0.3 is 15.2 Å². The molecule has 0 aromatic carbocycles. The second kappa shape index (κ2) is 8.68. The molecule has 2 N–H and O–H groups in total. The van der Waals surface area contributed by atoms with Gasteiger partial charge in [-0.2, -0.15) is 0 Å². The molecule has 0 radical (unpaired) electrons. The van der Waals surface area contributed by atoms with Crippen LogP contribution in [0.5, 0.6) is 0 Å². The van der Waals surface area contributed by atoms with Crippen molar-refractivity contribution in [2.75, 3.05) is 26.4 Å². The van der Waals surface area contributed by atoms with Gasteiger partial charge in [-0.15, -0.1) is 0 Å². The first-order valence-electron chi connectivity index (χ1n) is 5.51. The van der Waals surface area contributed by atoms with Crippen LogP contribution in [-0.2, 0) is 9.53 Å². The van der Waals surface area contributed by atoms with Gasteiger partial charge in [-0.3, -0.25) is 4.79 Å². The first-order valence-corrected chi connectivity index (χ1v) is 5.51. The summed E-state index contributed by atoms with van der Waals surface area (Å²) in [6.45, 7) is 7.82. The number of hydrogen-bond donors (Lipinski definition) is 2. The van der Waals surface area contributed by atoms with Gasteiger partial charge in [0.25, 0.3) is 0 Å². The Labute approximate surface area is 92.0 Å². The highest BCUT2D eigenvalue weighted by atomic mass is 16.5. The van der Waals surface area contributed by atoms with E-state index in [1.165, 1.54) is 0 Å². The minimum Gasteiger partial charge on any atom is -0.396 e. The molecular formula is C11H23NO3. The average molecular weight is 217 g/mol. The van der Waals surface area contributed by atoms with E-state index in [2.05, 4.69) is 19.2 Å². The predicted molar refractivity (Wildman–Crippen MR) is 59.5 cm³/mol. The van der Waals surface area contributed by atoms with Crippen LogP contribution in [0, 0.1) is 11.8 Å². The van der Waals surface area contributed by atoms with Gasteiger partial charge in [0.1, 0.15) is 0 Å². The van der Waals surface area contributed by atoms with Gasteiger partial charge in [0.15, 0.2) is 0 Å². The van der Waals surface area contributed by atoms with E-state index in [4.69, 9.17) is 9.84 Å². The lowest BCUT2D eigenvalue weighted by Crippen LogP contribution is -2.30. The number of aliphatic hydroxyl groups is 1. The van der Waals surface area contributed by atoms with Crippen LogP contribution >= 0.6 is 0 Å². The van der Waals surface area contributed by atoms with Crippen molar-refractivity contribution in [3.05, 3.63) is 0 Å². The van der Waals surface area contributed by atoms with Crippen LogP contribution in [-0.4, -0.2) is 37.4 Å². The van der Waals surface area contributed by atoms with Crippen molar-refractivity contribution >= 4 is 5.91 Å². The Morgan fingerprint density at radius 3 is 2.60 bits per heavy atom. The predicted octanol–water partition coefficient (Wildman–Crippen LogP) is 0.794. The minimum atomic E-state index is -0.0148. The van der Waals surface area contributed by atoms with E-state index in [0.717, 1.165) is 0 Å². The van der Waals surface area contributed by atoms with Gasteiger partial charge in [0.2, 0.25) is 5.91 Å². The Morgan fingerprint density at radius 1 is 1.40 bits per heavy atom. The Hall–Kier alpha value is -0.610. The molecule has 0 aromatic rings. The summed E-state index contributed by atoms with van der Waals surface area (Å²) in [6, 6.07) is 0. The molecule has 0 aliphatic rings. The molecule has 1 atom stereocenters. The van der Waals surface area contributed by atoms with Gasteiger partial charge >= 0.3 is 0 Å². The van der Waals surface area contributed by atoms with Gasteiger partial charge in [0.05, 0.1) is 6.61 Å². The first-order chi connectivity index (χ1) is 7.06. The topological polar surface area (TPSA) is 58.6 Å². The summed E-state index contributed by atoms with van der Waals surface area (Å²) in [5.74, 6) is 0.604. The molecule has 0 aliphatic carbocycles. The number of carbonyl (C=O) groups excluding carboxylic acids is 1. The summed E-state index contributed by atoms with van der Waals surface area (Å²) in [5, 5.41) is 11.5. The maximum Gasteiger partial charge on any atom is 0.222 e. The number of nitrogens with one attached hydrogen (secondary N) is 1. The lowest BCUT2D eigenvalue weighted by molar-refractivity contribution is -0.122. The molecule has 4 nitrogen and oxygen atoms in total. The summed E-state index contributed by atoms with van der Waals surface area (Å²) in [5.41, 5.74) is 0. The largest absolute Gasteiger partial charge is 0.396 e. The van der Waals surface area contributed by atoms with E-state index in [1.807, 2.05) is 6.92 Å². The second-order valence-electron chi connectivity index (χ2n) is 4.31. The lowest BCUT2D eigenvalue weighted by Gasteiger charge is -2.10. The van der Waals surface area contributed by atoms with Crippen LogP contribution in [0.4, 0.5) is 0 Å². The maximum atomic E-state index is 11.2. The molecule has 0 fully saturated rings. The van der Waals surface area contributed by atoms with Crippen molar-refractivity contribution in [1.29, 1.82) is 0 Å². The normalized spacial score (nSPS) is 12.9. The molecule has 15 heavy (non-hydrogen) atoms. The molecule has 0 aromatic heterocycles. The molecule has 0 rings (SSSR count). The maximum absolute atomic E-state index is 11.2. The van der Waals surface area contributed by atoms with Gasteiger partial charge in [-0.1, -0.05) is 20.8 Å². The summed E-state index contributed by atoms with van der Waals surface area (Å²) in [6.07, 6.45) is 0.394. The SMILES string of the molecule is CC(C)COCCC(=O)NCC(C)CO. The highest BCUT2D eigenvalue weighted by molar-refractivity contribution is 5.75. The lowest BCUT2D eigenvalue weighted by atomic mass is 10.2. The molecule has 0 spiro atoms. The quantitative estimate of drug-likeness (QED) is 0.591. The summed E-state index contributed by atoms with van der Waals surface area (Å²) in [7, 11) is 0. The molecule has 90 valence electrons. The van der Waals surface area contributed by atoms with E-state index in [1.54, 1.807) is 0 Å². The molecule has 4 heteroatoms. The van der Waals surface area contributed by atoms with Crippen LogP contribution in [0.1, 0.15) is 27.2 Å². The third-order valence-corrected chi connectivity index (χ3v) is 1.88. The monoisotopic (exact) mass is 217 g/mol. The number of ether oxygens (including phenoxy) is 1. The van der Waals surface area contributed by atoms with Crippen molar-refractivity contribution in [1.82, 2.24) is 5.32 Å². The number of carbonyl (C=O) groups is 1. The number of amides is 1. The van der Waals surface area contributed by atoms with Crippen molar-refractivity contribution in [3.8, 4) is 0 Å². The standard InChI is InChI=1S/C11H23NO3/c1-9(2)8-15-5-4-11(14)12-6-10(3)7-13/h9-10,13H,4-8H2,1-3H3,(H,12,14). The molecule has 0 heterocycles. The summed E-state index contributed by atoms with van der Waals surface area (Å²) < 4.78 is 5.29. The molecule has 0 aliphatic heterocycles. The zero-order chi connectivity index (χ0) is 11.7. The molecule has 1 amide bonds. The number of aliphatic hydroxyl groups excluding tert-OH is 1. The van der Waals surface area contributed by atoms with Gasteiger partial charge in [0, 0.05) is 26.2 Å². The third kappa shape index (κ3) is 9.69. The highest BCUT2D eigenvalue weighted by Crippen LogP contribution is 1.94. The number of hydrogen-bond acceptors (Lipinski definition) is 3. The minimum absolute atomic E-state index is 0.0148. The molecular weight excluding hydrogens is 194 g/mol. The average Bonchev–Trinajstić information content (AvgIpc) is 2.20. The van der Waals surface area contributed by atoms with E-state index in [0.29, 0.717) is 32.1 Å². The highest BCUT2D eigenvalue weighted by Gasteiger charge is 2.04. The van der Waals surface area contributed by atoms with Crippen molar-refractivity contribution < 1.29 is 14.6 Å². The van der Waals surface area contributed by atoms with Gasteiger partial charge in [-0.05, 0) is 11.8 Å². The van der Waals surface area contributed by atoms with Crippen LogP contribution in [0.3, 0.4) is 0 Å². The van der Waals surface area contributed by atoms with Crippen LogP contribution < -0.4 is 5.32 Å². The fourth-order valence-electron chi connectivity index (χ4n) is 0.925. The van der Waals surface area contributed by atoms with Crippen molar-refractivity contribution in [3.63, 3.8) is 0 Å². The Morgan fingerprint density at radius 2 is 2.07 bits per heavy atom. The summed E-state index contributed by atoms with van der Waals surface area (Å²) in [4.78, 5) is 11.2. The Balaban J connectivity index is 3.34. The van der Waals surface area contributed by atoms with Gasteiger partial charge in [-0.25, -0.2) is 0 Å². The number of rotatable bonds is 8. The zero-order valence-corrected chi connectivity index (χ0v) is 9.95. The zero-order valence-electron chi connectivity index (χ0n) is 9.95. The molecule has 0 bridgehead atoms. The van der Waals surface area contributed by atoms with E-state index >= 15 is 0 Å². The second-order valence-corrected chi connectivity index (χ2v) is 4.31. The smallest absolute Gasteiger partial charge is 0.222 e.